The van der Waals surface area contributed by atoms with Gasteiger partial charge in [0.1, 0.15) is 5.75 Å². The molecule has 0 bridgehead atoms. The second-order valence-electron chi connectivity index (χ2n) is 8.59. The van der Waals surface area contributed by atoms with Gasteiger partial charge in [-0.2, -0.15) is 0 Å². The van der Waals surface area contributed by atoms with Crippen molar-refractivity contribution >= 4 is 5.91 Å². The fourth-order valence-corrected chi connectivity index (χ4v) is 4.38. The summed E-state index contributed by atoms with van der Waals surface area (Å²) in [6.07, 6.45) is -0.498. The zero-order valence-electron chi connectivity index (χ0n) is 19.2. The van der Waals surface area contributed by atoms with Crippen molar-refractivity contribution in [3.8, 4) is 5.75 Å². The number of hydrogen-bond donors (Lipinski definition) is 0. The largest absolute Gasteiger partial charge is 0.481 e. The van der Waals surface area contributed by atoms with Gasteiger partial charge >= 0.3 is 0 Å². The number of piperazine rings is 1. The van der Waals surface area contributed by atoms with E-state index in [0.29, 0.717) is 13.1 Å². The van der Waals surface area contributed by atoms with Gasteiger partial charge in [-0.1, -0.05) is 66.7 Å². The summed E-state index contributed by atoms with van der Waals surface area (Å²) in [4.78, 5) is 17.5. The molecule has 32 heavy (non-hydrogen) atoms. The lowest BCUT2D eigenvalue weighted by Crippen LogP contribution is -2.52. The number of aryl methyl sites for hydroxylation is 2. The molecule has 3 aromatic rings. The van der Waals surface area contributed by atoms with E-state index in [1.54, 1.807) is 0 Å². The third-order valence-electron chi connectivity index (χ3n) is 6.36. The zero-order valence-corrected chi connectivity index (χ0v) is 19.2. The summed E-state index contributed by atoms with van der Waals surface area (Å²) in [7, 11) is 0. The first kappa shape index (κ1) is 22.1. The van der Waals surface area contributed by atoms with E-state index in [1.165, 1.54) is 22.3 Å². The van der Waals surface area contributed by atoms with Crippen molar-refractivity contribution in [3.63, 3.8) is 0 Å². The Morgan fingerprint density at radius 3 is 1.88 bits per heavy atom. The fourth-order valence-electron chi connectivity index (χ4n) is 4.38. The highest BCUT2D eigenvalue weighted by Gasteiger charge is 2.30. The van der Waals surface area contributed by atoms with E-state index in [9.17, 15) is 4.79 Å². The summed E-state index contributed by atoms with van der Waals surface area (Å²) in [6.45, 7) is 9.05. The Hall–Kier alpha value is -3.11. The molecule has 1 heterocycles. The second kappa shape index (κ2) is 10.0. The van der Waals surface area contributed by atoms with Gasteiger partial charge < -0.3 is 9.64 Å². The van der Waals surface area contributed by atoms with E-state index >= 15 is 0 Å². The Kier molecular flexibility index (Phi) is 6.91. The van der Waals surface area contributed by atoms with Crippen LogP contribution in [-0.2, 0) is 4.79 Å². The molecule has 1 amide bonds. The number of carbonyl (C=O) groups is 1. The number of nitrogens with zero attached hydrogens (tertiary/aromatic N) is 2. The molecule has 1 atom stereocenters. The standard InChI is InChI=1S/C28H32N2O2/c1-21-14-15-26(20-22(21)2)32-23(3)28(31)30-18-16-29(17-19-30)27(24-10-6-4-7-11-24)25-12-8-5-9-13-25/h4-15,20,23,27H,16-19H2,1-3H3/t23-/m1/s1. The smallest absolute Gasteiger partial charge is 0.263 e. The van der Waals surface area contributed by atoms with Crippen LogP contribution in [0.15, 0.2) is 78.9 Å². The number of hydrogen-bond acceptors (Lipinski definition) is 3. The van der Waals surface area contributed by atoms with E-state index in [1.807, 2.05) is 30.0 Å². The minimum absolute atomic E-state index is 0.0545. The maximum atomic E-state index is 13.1. The van der Waals surface area contributed by atoms with Crippen LogP contribution >= 0.6 is 0 Å². The Balaban J connectivity index is 1.41. The molecule has 0 unspecified atom stereocenters. The van der Waals surface area contributed by atoms with E-state index in [4.69, 9.17) is 4.74 Å². The number of amides is 1. The first-order chi connectivity index (χ1) is 15.5. The Morgan fingerprint density at radius 2 is 1.34 bits per heavy atom. The highest BCUT2D eigenvalue weighted by molar-refractivity contribution is 5.81. The molecule has 0 saturated carbocycles. The summed E-state index contributed by atoms with van der Waals surface area (Å²) in [5.74, 6) is 0.805. The third-order valence-corrected chi connectivity index (χ3v) is 6.36. The molecule has 1 saturated heterocycles. The lowest BCUT2D eigenvalue weighted by atomic mass is 9.96. The molecule has 166 valence electrons. The van der Waals surface area contributed by atoms with Crippen LogP contribution in [0.4, 0.5) is 0 Å². The third kappa shape index (κ3) is 5.03. The molecule has 3 aromatic carbocycles. The van der Waals surface area contributed by atoms with Gasteiger partial charge in [0.25, 0.3) is 5.91 Å². The van der Waals surface area contributed by atoms with Gasteiger partial charge in [-0.15, -0.1) is 0 Å². The molecule has 4 heteroatoms. The molecule has 0 spiro atoms. The van der Waals surface area contributed by atoms with Gasteiger partial charge in [-0.3, -0.25) is 9.69 Å². The van der Waals surface area contributed by atoms with Crippen LogP contribution in [0, 0.1) is 13.8 Å². The zero-order chi connectivity index (χ0) is 22.5. The molecular formula is C28H32N2O2. The summed E-state index contributed by atoms with van der Waals surface area (Å²) in [6, 6.07) is 27.4. The first-order valence-corrected chi connectivity index (χ1v) is 11.4. The van der Waals surface area contributed by atoms with Crippen LogP contribution in [0.3, 0.4) is 0 Å². The van der Waals surface area contributed by atoms with Crippen LogP contribution in [0.2, 0.25) is 0 Å². The number of benzene rings is 3. The number of rotatable bonds is 6. The fraction of sp³-hybridized carbons (Fsp3) is 0.321. The monoisotopic (exact) mass is 428 g/mol. The summed E-state index contributed by atoms with van der Waals surface area (Å²) in [5.41, 5.74) is 4.96. The summed E-state index contributed by atoms with van der Waals surface area (Å²) in [5, 5.41) is 0. The molecule has 0 aliphatic carbocycles. The molecule has 1 aliphatic heterocycles. The van der Waals surface area contributed by atoms with E-state index < -0.39 is 6.10 Å². The lowest BCUT2D eigenvalue weighted by molar-refractivity contribution is -0.140. The summed E-state index contributed by atoms with van der Waals surface area (Å²) >= 11 is 0. The predicted octanol–water partition coefficient (Wildman–Crippen LogP) is 5.00. The van der Waals surface area contributed by atoms with Crippen molar-refractivity contribution in [2.45, 2.75) is 32.9 Å². The number of ether oxygens (including phenoxy) is 1. The SMILES string of the molecule is Cc1ccc(O[C@H](C)C(=O)N2CCN(C(c3ccccc3)c3ccccc3)CC2)cc1C. The van der Waals surface area contributed by atoms with Crippen LogP contribution < -0.4 is 4.74 Å². The first-order valence-electron chi connectivity index (χ1n) is 11.4. The molecule has 4 nitrogen and oxygen atoms in total. The van der Waals surface area contributed by atoms with E-state index in [0.717, 1.165) is 18.8 Å². The van der Waals surface area contributed by atoms with Gasteiger partial charge in [-0.05, 0) is 55.2 Å². The van der Waals surface area contributed by atoms with Gasteiger partial charge in [0.05, 0.1) is 6.04 Å². The van der Waals surface area contributed by atoms with Crippen molar-refractivity contribution in [2.75, 3.05) is 26.2 Å². The van der Waals surface area contributed by atoms with Crippen molar-refractivity contribution in [1.82, 2.24) is 9.80 Å². The summed E-state index contributed by atoms with van der Waals surface area (Å²) < 4.78 is 5.97. The van der Waals surface area contributed by atoms with E-state index in [-0.39, 0.29) is 11.9 Å². The Labute approximate surface area is 191 Å². The lowest BCUT2D eigenvalue weighted by Gasteiger charge is -2.40. The average Bonchev–Trinajstić information content (AvgIpc) is 2.83. The van der Waals surface area contributed by atoms with Crippen molar-refractivity contribution in [1.29, 1.82) is 0 Å². The highest BCUT2D eigenvalue weighted by atomic mass is 16.5. The highest BCUT2D eigenvalue weighted by Crippen LogP contribution is 2.29. The number of carbonyl (C=O) groups excluding carboxylic acids is 1. The average molecular weight is 429 g/mol. The van der Waals surface area contributed by atoms with Crippen LogP contribution in [0.1, 0.15) is 35.2 Å². The molecule has 1 aliphatic rings. The van der Waals surface area contributed by atoms with Gasteiger partial charge in [-0.25, -0.2) is 0 Å². The predicted molar refractivity (Wildman–Crippen MR) is 129 cm³/mol. The molecule has 0 radical (unpaired) electrons. The van der Waals surface area contributed by atoms with Crippen LogP contribution in [-0.4, -0.2) is 48.0 Å². The second-order valence-corrected chi connectivity index (χ2v) is 8.59. The van der Waals surface area contributed by atoms with Gasteiger partial charge in [0.15, 0.2) is 6.10 Å². The molecular weight excluding hydrogens is 396 g/mol. The molecule has 0 N–H and O–H groups in total. The quantitative estimate of drug-likeness (QED) is 0.554. The maximum absolute atomic E-state index is 13.1. The maximum Gasteiger partial charge on any atom is 0.263 e. The van der Waals surface area contributed by atoms with Gasteiger partial charge in [0, 0.05) is 26.2 Å². The minimum Gasteiger partial charge on any atom is -0.481 e. The van der Waals surface area contributed by atoms with E-state index in [2.05, 4.69) is 79.4 Å². The van der Waals surface area contributed by atoms with Gasteiger partial charge in [0.2, 0.25) is 0 Å². The normalized spacial score (nSPS) is 15.6. The van der Waals surface area contributed by atoms with Crippen molar-refractivity contribution < 1.29 is 9.53 Å². The van der Waals surface area contributed by atoms with Crippen molar-refractivity contribution in [3.05, 3.63) is 101 Å². The molecule has 4 rings (SSSR count). The van der Waals surface area contributed by atoms with Crippen LogP contribution in [0.5, 0.6) is 5.75 Å². The van der Waals surface area contributed by atoms with Crippen LogP contribution in [0.25, 0.3) is 0 Å². The Bertz CT molecular complexity index is 988. The minimum atomic E-state index is -0.498. The molecule has 0 aromatic heterocycles. The molecule has 1 fully saturated rings. The Morgan fingerprint density at radius 1 is 0.781 bits per heavy atom. The topological polar surface area (TPSA) is 32.8 Å². The van der Waals surface area contributed by atoms with Crippen molar-refractivity contribution in [2.24, 2.45) is 0 Å².